The Labute approximate surface area is 132 Å². The standard InChI is InChI=1S/C15H15Cl2FN2O/c1-8(2)21-13-5-3-4-12(15(13)19)20-9-6-10(16)14(18)11(17)7-9/h3-8,20H,19H2,1-2H3. The van der Waals surface area contributed by atoms with Gasteiger partial charge in [-0.05, 0) is 38.1 Å². The highest BCUT2D eigenvalue weighted by Crippen LogP contribution is 2.34. The Hall–Kier alpha value is -1.65. The van der Waals surface area contributed by atoms with Crippen molar-refractivity contribution in [3.8, 4) is 5.75 Å². The molecule has 21 heavy (non-hydrogen) atoms. The average Bonchev–Trinajstić information content (AvgIpc) is 2.40. The SMILES string of the molecule is CC(C)Oc1cccc(Nc2cc(Cl)c(F)c(Cl)c2)c1N. The van der Waals surface area contributed by atoms with E-state index in [1.54, 1.807) is 12.1 Å². The predicted octanol–water partition coefficient (Wildman–Crippen LogP) is 5.25. The van der Waals surface area contributed by atoms with E-state index in [2.05, 4.69) is 5.32 Å². The van der Waals surface area contributed by atoms with Crippen molar-refractivity contribution in [2.24, 2.45) is 0 Å². The molecular weight excluding hydrogens is 314 g/mol. The van der Waals surface area contributed by atoms with Gasteiger partial charge in [-0.1, -0.05) is 29.3 Å². The van der Waals surface area contributed by atoms with Gasteiger partial charge in [-0.2, -0.15) is 0 Å². The molecule has 2 rings (SSSR count). The van der Waals surface area contributed by atoms with Crippen molar-refractivity contribution >= 4 is 40.3 Å². The number of nitrogen functional groups attached to an aromatic ring is 1. The molecule has 0 unspecified atom stereocenters. The van der Waals surface area contributed by atoms with Crippen LogP contribution >= 0.6 is 23.2 Å². The van der Waals surface area contributed by atoms with E-state index in [0.717, 1.165) is 0 Å². The monoisotopic (exact) mass is 328 g/mol. The Morgan fingerprint density at radius 1 is 1.19 bits per heavy atom. The summed E-state index contributed by atoms with van der Waals surface area (Å²) in [6.07, 6.45) is 0.0114. The van der Waals surface area contributed by atoms with Crippen LogP contribution in [0.25, 0.3) is 0 Å². The summed E-state index contributed by atoms with van der Waals surface area (Å²) < 4.78 is 19.0. The lowest BCUT2D eigenvalue weighted by molar-refractivity contribution is 0.244. The zero-order chi connectivity index (χ0) is 15.6. The van der Waals surface area contributed by atoms with Crippen LogP contribution < -0.4 is 15.8 Å². The molecule has 0 aliphatic heterocycles. The highest BCUT2D eigenvalue weighted by Gasteiger charge is 2.11. The second-order valence-electron chi connectivity index (χ2n) is 4.76. The molecule has 0 aliphatic carbocycles. The minimum absolute atomic E-state index is 0.0114. The third-order valence-electron chi connectivity index (χ3n) is 2.69. The molecule has 0 fully saturated rings. The van der Waals surface area contributed by atoms with E-state index >= 15 is 0 Å². The van der Waals surface area contributed by atoms with Crippen LogP contribution in [0.15, 0.2) is 30.3 Å². The van der Waals surface area contributed by atoms with Gasteiger partial charge in [0.15, 0.2) is 5.82 Å². The molecule has 0 bridgehead atoms. The molecule has 0 radical (unpaired) electrons. The lowest BCUT2D eigenvalue weighted by Crippen LogP contribution is -2.08. The van der Waals surface area contributed by atoms with Crippen molar-refractivity contribution in [3.05, 3.63) is 46.2 Å². The quantitative estimate of drug-likeness (QED) is 0.595. The van der Waals surface area contributed by atoms with Crippen molar-refractivity contribution in [1.82, 2.24) is 0 Å². The van der Waals surface area contributed by atoms with Gasteiger partial charge in [-0.25, -0.2) is 4.39 Å². The number of nitrogens with two attached hydrogens (primary N) is 1. The highest BCUT2D eigenvalue weighted by molar-refractivity contribution is 6.35. The molecule has 0 atom stereocenters. The number of benzene rings is 2. The van der Waals surface area contributed by atoms with Crippen molar-refractivity contribution in [3.63, 3.8) is 0 Å². The third-order valence-corrected chi connectivity index (χ3v) is 3.24. The molecular formula is C15H15Cl2FN2O. The van der Waals surface area contributed by atoms with Crippen LogP contribution in [0, 0.1) is 5.82 Å². The summed E-state index contributed by atoms with van der Waals surface area (Å²) in [7, 11) is 0. The topological polar surface area (TPSA) is 47.3 Å². The summed E-state index contributed by atoms with van der Waals surface area (Å²) in [5.41, 5.74) is 7.69. The van der Waals surface area contributed by atoms with Crippen molar-refractivity contribution in [1.29, 1.82) is 0 Å². The summed E-state index contributed by atoms with van der Waals surface area (Å²) in [5, 5.41) is 2.94. The second kappa shape index (κ2) is 6.41. The third kappa shape index (κ3) is 3.71. The van der Waals surface area contributed by atoms with E-state index in [9.17, 15) is 4.39 Å². The van der Waals surface area contributed by atoms with Crippen LogP contribution in [0.4, 0.5) is 21.5 Å². The molecule has 2 aromatic carbocycles. The van der Waals surface area contributed by atoms with E-state index in [4.69, 9.17) is 33.7 Å². The Bertz CT molecular complexity index is 639. The summed E-state index contributed by atoms with van der Waals surface area (Å²) in [6, 6.07) is 8.26. The van der Waals surface area contributed by atoms with Gasteiger partial charge in [0.25, 0.3) is 0 Å². The fraction of sp³-hybridized carbons (Fsp3) is 0.200. The van der Waals surface area contributed by atoms with E-state index in [1.807, 2.05) is 19.9 Å². The zero-order valence-electron chi connectivity index (χ0n) is 11.6. The summed E-state index contributed by atoms with van der Waals surface area (Å²) in [6.45, 7) is 3.83. The predicted molar refractivity (Wildman–Crippen MR) is 86.3 cm³/mol. The lowest BCUT2D eigenvalue weighted by atomic mass is 10.2. The highest BCUT2D eigenvalue weighted by atomic mass is 35.5. The van der Waals surface area contributed by atoms with Gasteiger partial charge in [-0.3, -0.25) is 0 Å². The number of ether oxygens (including phenoxy) is 1. The number of hydrogen-bond donors (Lipinski definition) is 2. The summed E-state index contributed by atoms with van der Waals surface area (Å²) in [4.78, 5) is 0. The second-order valence-corrected chi connectivity index (χ2v) is 5.58. The Kier molecular flexibility index (Phi) is 4.80. The molecule has 0 heterocycles. The first-order chi connectivity index (χ1) is 9.88. The molecule has 0 aromatic heterocycles. The molecule has 0 saturated heterocycles. The molecule has 0 saturated carbocycles. The van der Waals surface area contributed by atoms with Gasteiger partial charge in [0.2, 0.25) is 0 Å². The first-order valence-electron chi connectivity index (χ1n) is 6.35. The van der Waals surface area contributed by atoms with Gasteiger partial charge >= 0.3 is 0 Å². The maximum absolute atomic E-state index is 13.4. The molecule has 0 aliphatic rings. The molecule has 3 N–H and O–H groups in total. The molecule has 6 heteroatoms. The van der Waals surface area contributed by atoms with E-state index < -0.39 is 5.82 Å². The zero-order valence-corrected chi connectivity index (χ0v) is 13.1. The fourth-order valence-corrected chi connectivity index (χ4v) is 2.28. The van der Waals surface area contributed by atoms with Gasteiger partial charge in [0, 0.05) is 5.69 Å². The van der Waals surface area contributed by atoms with E-state index in [1.165, 1.54) is 12.1 Å². The minimum atomic E-state index is -0.645. The van der Waals surface area contributed by atoms with Crippen LogP contribution in [0.3, 0.4) is 0 Å². The first-order valence-corrected chi connectivity index (χ1v) is 7.10. The van der Waals surface area contributed by atoms with E-state index in [0.29, 0.717) is 22.8 Å². The van der Waals surface area contributed by atoms with Crippen LogP contribution in [0.2, 0.25) is 10.0 Å². The minimum Gasteiger partial charge on any atom is -0.489 e. The average molecular weight is 329 g/mol. The van der Waals surface area contributed by atoms with Crippen LogP contribution in [-0.2, 0) is 0 Å². The van der Waals surface area contributed by atoms with Gasteiger partial charge < -0.3 is 15.8 Å². The largest absolute Gasteiger partial charge is 0.489 e. The number of anilines is 3. The van der Waals surface area contributed by atoms with Crippen molar-refractivity contribution in [2.75, 3.05) is 11.1 Å². The number of para-hydroxylation sites is 1. The Morgan fingerprint density at radius 3 is 2.38 bits per heavy atom. The first kappa shape index (κ1) is 15.7. The number of hydrogen-bond acceptors (Lipinski definition) is 3. The Morgan fingerprint density at radius 2 is 1.81 bits per heavy atom. The Balaban J connectivity index is 2.32. The number of nitrogens with one attached hydrogen (secondary N) is 1. The van der Waals surface area contributed by atoms with Crippen molar-refractivity contribution in [2.45, 2.75) is 20.0 Å². The van der Waals surface area contributed by atoms with Crippen LogP contribution in [-0.4, -0.2) is 6.10 Å². The van der Waals surface area contributed by atoms with Crippen LogP contribution in [0.1, 0.15) is 13.8 Å². The maximum Gasteiger partial charge on any atom is 0.160 e. The molecule has 3 nitrogen and oxygen atoms in total. The lowest BCUT2D eigenvalue weighted by Gasteiger charge is -2.16. The van der Waals surface area contributed by atoms with Gasteiger partial charge in [0.05, 0.1) is 27.5 Å². The molecule has 2 aromatic rings. The fourth-order valence-electron chi connectivity index (χ4n) is 1.79. The molecule has 112 valence electrons. The smallest absolute Gasteiger partial charge is 0.160 e. The van der Waals surface area contributed by atoms with Crippen LogP contribution in [0.5, 0.6) is 5.75 Å². The summed E-state index contributed by atoms with van der Waals surface area (Å²) >= 11 is 11.5. The van der Waals surface area contributed by atoms with Gasteiger partial charge in [-0.15, -0.1) is 0 Å². The van der Waals surface area contributed by atoms with E-state index in [-0.39, 0.29) is 16.1 Å². The van der Waals surface area contributed by atoms with Gasteiger partial charge in [0.1, 0.15) is 5.75 Å². The number of halogens is 3. The molecule has 0 spiro atoms. The maximum atomic E-state index is 13.4. The number of rotatable bonds is 4. The summed E-state index contributed by atoms with van der Waals surface area (Å²) in [5.74, 6) is -0.0666. The van der Waals surface area contributed by atoms with Crippen molar-refractivity contribution < 1.29 is 9.13 Å². The normalized spacial score (nSPS) is 10.8. The molecule has 0 amide bonds.